The molecule has 1 amide bonds. The molecule has 2 atom stereocenters. The second-order valence-corrected chi connectivity index (χ2v) is 6.63. The predicted molar refractivity (Wildman–Crippen MR) is 91.5 cm³/mol. The van der Waals surface area contributed by atoms with Gasteiger partial charge in [-0.3, -0.25) is 4.79 Å². The van der Waals surface area contributed by atoms with Gasteiger partial charge in [0.25, 0.3) is 5.91 Å². The monoisotopic (exact) mass is 362 g/mol. The highest BCUT2D eigenvalue weighted by Gasteiger charge is 2.32. The molecule has 1 saturated heterocycles. The Morgan fingerprint density at radius 1 is 1.04 bits per heavy atom. The molecule has 0 saturated carbocycles. The minimum absolute atomic E-state index is 0.0167. The van der Waals surface area contributed by atoms with E-state index in [1.165, 1.54) is 29.2 Å². The average molecular weight is 362 g/mol. The van der Waals surface area contributed by atoms with E-state index in [1.54, 1.807) is 16.7 Å². The van der Waals surface area contributed by atoms with Crippen LogP contribution in [0.1, 0.15) is 6.42 Å². The second kappa shape index (κ2) is 6.32. The fourth-order valence-electron chi connectivity index (χ4n) is 3.65. The molecule has 2 heterocycles. The summed E-state index contributed by atoms with van der Waals surface area (Å²) in [5.74, 6) is -1.47. The van der Waals surface area contributed by atoms with Gasteiger partial charge in [0.2, 0.25) is 0 Å². The number of aliphatic hydroxyl groups excluding tert-OH is 1. The fraction of sp³-hybridized carbons (Fsp3) is 0.316. The van der Waals surface area contributed by atoms with Crippen LogP contribution in [0, 0.1) is 11.6 Å². The van der Waals surface area contributed by atoms with Gasteiger partial charge in [0.15, 0.2) is 6.17 Å². The maximum absolute atomic E-state index is 13.7. The van der Waals surface area contributed by atoms with Gasteiger partial charge in [-0.2, -0.15) is 0 Å². The van der Waals surface area contributed by atoms with Crippen LogP contribution in [0.5, 0.6) is 0 Å². The molecule has 0 radical (unpaired) electrons. The summed E-state index contributed by atoms with van der Waals surface area (Å²) in [5, 5.41) is 11.5. The Morgan fingerprint density at radius 3 is 2.12 bits per heavy atom. The number of nitrogens with zero attached hydrogens (tertiary/aromatic N) is 2. The standard InChI is InChI=1S/C19H17F3N2O2/c20-11-1-3-17-14(7-11)15-8-12(21)2-4-18(15)24(17)10-13(25)9-23-6-5-16(22)19(23)26/h1-4,7-8,13,16,25H,5-6,9-10H2. The summed E-state index contributed by atoms with van der Waals surface area (Å²) in [4.78, 5) is 13.0. The van der Waals surface area contributed by atoms with Crippen molar-refractivity contribution < 1.29 is 23.1 Å². The van der Waals surface area contributed by atoms with Crippen molar-refractivity contribution in [1.29, 1.82) is 0 Å². The molecule has 2 unspecified atom stereocenters. The number of likely N-dealkylation sites (tertiary alicyclic amines) is 1. The highest BCUT2D eigenvalue weighted by molar-refractivity contribution is 6.08. The summed E-state index contributed by atoms with van der Waals surface area (Å²) in [5.41, 5.74) is 1.31. The van der Waals surface area contributed by atoms with Crippen LogP contribution in [-0.4, -0.2) is 45.8 Å². The van der Waals surface area contributed by atoms with E-state index in [1.807, 2.05) is 0 Å². The van der Waals surface area contributed by atoms with Gasteiger partial charge in [0.05, 0.1) is 12.6 Å². The molecule has 0 spiro atoms. The molecule has 2 aromatic carbocycles. The molecule has 0 bridgehead atoms. The van der Waals surface area contributed by atoms with Gasteiger partial charge in [-0.1, -0.05) is 0 Å². The Hall–Kier alpha value is -2.54. The predicted octanol–water partition coefficient (Wildman–Crippen LogP) is 3.00. The first kappa shape index (κ1) is 16.9. The van der Waals surface area contributed by atoms with Crippen LogP contribution in [0.15, 0.2) is 36.4 Å². The number of fused-ring (bicyclic) bond motifs is 3. The summed E-state index contributed by atoms with van der Waals surface area (Å²) in [6.07, 6.45) is -2.29. The molecule has 1 aliphatic heterocycles. The number of hydrogen-bond acceptors (Lipinski definition) is 2. The zero-order chi connectivity index (χ0) is 18.4. The first-order valence-electron chi connectivity index (χ1n) is 8.42. The van der Waals surface area contributed by atoms with Crippen molar-refractivity contribution in [1.82, 2.24) is 9.47 Å². The summed E-state index contributed by atoms with van der Waals surface area (Å²) in [7, 11) is 0. The fourth-order valence-corrected chi connectivity index (χ4v) is 3.65. The lowest BCUT2D eigenvalue weighted by molar-refractivity contribution is -0.133. The molecule has 4 nitrogen and oxygen atoms in total. The van der Waals surface area contributed by atoms with Gasteiger partial charge < -0.3 is 14.6 Å². The van der Waals surface area contributed by atoms with Gasteiger partial charge in [0.1, 0.15) is 11.6 Å². The number of alkyl halides is 1. The third-order valence-electron chi connectivity index (χ3n) is 4.85. The first-order valence-corrected chi connectivity index (χ1v) is 8.42. The van der Waals surface area contributed by atoms with E-state index >= 15 is 0 Å². The minimum atomic E-state index is -1.50. The third kappa shape index (κ3) is 2.82. The molecule has 1 aliphatic rings. The number of benzene rings is 2. The molecule has 7 heteroatoms. The van der Waals surface area contributed by atoms with E-state index in [0.717, 1.165) is 0 Å². The maximum atomic E-state index is 13.7. The van der Waals surface area contributed by atoms with E-state index in [-0.39, 0.29) is 26.1 Å². The van der Waals surface area contributed by atoms with Crippen molar-refractivity contribution in [3.05, 3.63) is 48.0 Å². The molecule has 136 valence electrons. The van der Waals surface area contributed by atoms with E-state index in [4.69, 9.17) is 0 Å². The summed E-state index contributed by atoms with van der Waals surface area (Å²) in [6, 6.07) is 8.42. The van der Waals surface area contributed by atoms with Crippen molar-refractivity contribution in [2.45, 2.75) is 25.2 Å². The smallest absolute Gasteiger partial charge is 0.257 e. The maximum Gasteiger partial charge on any atom is 0.257 e. The van der Waals surface area contributed by atoms with Crippen molar-refractivity contribution in [3.8, 4) is 0 Å². The van der Waals surface area contributed by atoms with Crippen LogP contribution in [0.4, 0.5) is 13.2 Å². The number of aromatic nitrogens is 1. The molecule has 1 N–H and O–H groups in total. The molecule has 0 aliphatic carbocycles. The molecular formula is C19H17F3N2O2. The molecule has 1 aromatic heterocycles. The van der Waals surface area contributed by atoms with Crippen molar-refractivity contribution in [2.24, 2.45) is 0 Å². The Labute approximate surface area is 147 Å². The van der Waals surface area contributed by atoms with E-state index < -0.39 is 29.8 Å². The van der Waals surface area contributed by atoms with Crippen LogP contribution in [0.2, 0.25) is 0 Å². The molecule has 26 heavy (non-hydrogen) atoms. The molecule has 4 rings (SSSR count). The van der Waals surface area contributed by atoms with Crippen molar-refractivity contribution in [2.75, 3.05) is 13.1 Å². The normalized spacial score (nSPS) is 19.0. The highest BCUT2D eigenvalue weighted by atomic mass is 19.1. The minimum Gasteiger partial charge on any atom is -0.389 e. The lowest BCUT2D eigenvalue weighted by atomic mass is 10.1. The van der Waals surface area contributed by atoms with Crippen molar-refractivity contribution in [3.63, 3.8) is 0 Å². The Bertz CT molecular complexity index is 942. The average Bonchev–Trinajstić information content (AvgIpc) is 3.07. The summed E-state index contributed by atoms with van der Waals surface area (Å²) < 4.78 is 42.4. The number of halogens is 3. The van der Waals surface area contributed by atoms with Crippen LogP contribution < -0.4 is 0 Å². The molecular weight excluding hydrogens is 345 g/mol. The Morgan fingerprint density at radius 2 is 1.62 bits per heavy atom. The number of carbonyl (C=O) groups is 1. The number of rotatable bonds is 4. The first-order chi connectivity index (χ1) is 12.4. The summed E-state index contributed by atoms with van der Waals surface area (Å²) in [6.45, 7) is 0.418. The highest BCUT2D eigenvalue weighted by Crippen LogP contribution is 2.30. The number of carbonyl (C=O) groups excluding carboxylic acids is 1. The second-order valence-electron chi connectivity index (χ2n) is 6.63. The molecule has 1 fully saturated rings. The van der Waals surface area contributed by atoms with Crippen LogP contribution in [0.25, 0.3) is 21.8 Å². The Balaban J connectivity index is 1.70. The zero-order valence-corrected chi connectivity index (χ0v) is 13.8. The number of amides is 1. The van der Waals surface area contributed by atoms with Gasteiger partial charge in [-0.05, 0) is 36.4 Å². The number of aliphatic hydroxyl groups is 1. The topological polar surface area (TPSA) is 45.5 Å². The van der Waals surface area contributed by atoms with Gasteiger partial charge >= 0.3 is 0 Å². The Kier molecular flexibility index (Phi) is 4.11. The summed E-state index contributed by atoms with van der Waals surface area (Å²) >= 11 is 0. The quantitative estimate of drug-likeness (QED) is 0.776. The number of hydrogen-bond donors (Lipinski definition) is 1. The number of β-amino-alcohol motifs (C(OH)–C–C–N with tert-alkyl or cyclic N) is 1. The van der Waals surface area contributed by atoms with E-state index in [0.29, 0.717) is 21.8 Å². The largest absolute Gasteiger partial charge is 0.389 e. The SMILES string of the molecule is O=C1C(F)CCN1CC(O)Cn1c2ccc(F)cc2c2cc(F)ccc21. The third-order valence-corrected chi connectivity index (χ3v) is 4.85. The van der Waals surface area contributed by atoms with Gasteiger partial charge in [0, 0.05) is 41.3 Å². The van der Waals surface area contributed by atoms with E-state index in [9.17, 15) is 23.1 Å². The van der Waals surface area contributed by atoms with Crippen LogP contribution >= 0.6 is 0 Å². The van der Waals surface area contributed by atoms with Gasteiger partial charge in [-0.25, -0.2) is 13.2 Å². The molecule has 3 aromatic rings. The van der Waals surface area contributed by atoms with E-state index in [2.05, 4.69) is 0 Å². The zero-order valence-electron chi connectivity index (χ0n) is 13.8. The van der Waals surface area contributed by atoms with Gasteiger partial charge in [-0.15, -0.1) is 0 Å². The van der Waals surface area contributed by atoms with Crippen molar-refractivity contribution >= 4 is 27.7 Å². The van der Waals surface area contributed by atoms with Crippen LogP contribution in [0.3, 0.4) is 0 Å². The lowest BCUT2D eigenvalue weighted by Gasteiger charge is -2.21. The lowest BCUT2D eigenvalue weighted by Crippen LogP contribution is -2.37. The van der Waals surface area contributed by atoms with Crippen LogP contribution in [-0.2, 0) is 11.3 Å².